The molecule has 2 N–H and O–H groups in total. The van der Waals surface area contributed by atoms with Gasteiger partial charge in [0, 0.05) is 56.9 Å². The molecule has 204 valence electrons. The summed E-state index contributed by atoms with van der Waals surface area (Å²) in [6.07, 6.45) is 1.63. The molecule has 1 unspecified atom stereocenters. The van der Waals surface area contributed by atoms with Crippen molar-refractivity contribution in [2.75, 3.05) is 13.1 Å². The van der Waals surface area contributed by atoms with Gasteiger partial charge >= 0.3 is 5.97 Å². The summed E-state index contributed by atoms with van der Waals surface area (Å²) in [6.45, 7) is 10.2. The summed E-state index contributed by atoms with van der Waals surface area (Å²) >= 11 is 0. The Morgan fingerprint density at radius 3 is 2.50 bits per heavy atom. The van der Waals surface area contributed by atoms with E-state index in [1.54, 1.807) is 40.7 Å². The van der Waals surface area contributed by atoms with E-state index in [9.17, 15) is 19.2 Å². The van der Waals surface area contributed by atoms with Crippen LogP contribution in [0.5, 0.6) is 0 Å². The molecule has 0 radical (unpaired) electrons. The van der Waals surface area contributed by atoms with E-state index in [0.717, 1.165) is 35.4 Å². The zero-order valence-electron chi connectivity index (χ0n) is 22.7. The fourth-order valence-electron chi connectivity index (χ4n) is 5.22. The lowest BCUT2D eigenvalue weighted by molar-refractivity contribution is -0.155. The number of nitrogens with two attached hydrogens (primary N) is 1. The van der Waals surface area contributed by atoms with Crippen LogP contribution in [0.25, 0.3) is 11.3 Å². The van der Waals surface area contributed by atoms with Gasteiger partial charge in [0.2, 0.25) is 11.8 Å². The fraction of sp³-hybridized carbons (Fsp3) is 0.536. The van der Waals surface area contributed by atoms with Gasteiger partial charge in [-0.3, -0.25) is 19.2 Å². The largest absolute Gasteiger partial charge is 0.460 e. The molecule has 38 heavy (non-hydrogen) atoms. The van der Waals surface area contributed by atoms with Crippen LogP contribution in [0.2, 0.25) is 0 Å². The summed E-state index contributed by atoms with van der Waals surface area (Å²) in [5.41, 5.74) is 7.81. The Balaban J connectivity index is 1.52. The lowest BCUT2D eigenvalue weighted by Gasteiger charge is -2.30. The van der Waals surface area contributed by atoms with Crippen molar-refractivity contribution in [2.24, 2.45) is 5.73 Å². The number of hydrogen-bond acceptors (Lipinski definition) is 7. The Hall–Kier alpha value is -3.69. The lowest BCUT2D eigenvalue weighted by Crippen LogP contribution is -2.45. The summed E-state index contributed by atoms with van der Waals surface area (Å²) in [6, 6.07) is 4.56. The number of aromatic nitrogens is 1. The van der Waals surface area contributed by atoms with Crippen LogP contribution in [0.1, 0.15) is 86.9 Å². The first-order valence-electron chi connectivity index (χ1n) is 13.0. The molecule has 3 amide bonds. The van der Waals surface area contributed by atoms with Gasteiger partial charge in [-0.25, -0.2) is 4.98 Å². The summed E-state index contributed by atoms with van der Waals surface area (Å²) in [5.74, 6) is 0.149. The molecule has 1 aromatic heterocycles. The molecule has 2 aliphatic heterocycles. The van der Waals surface area contributed by atoms with Crippen molar-refractivity contribution in [3.05, 3.63) is 41.0 Å². The second-order valence-corrected chi connectivity index (χ2v) is 11.1. The van der Waals surface area contributed by atoms with Gasteiger partial charge in [0.25, 0.3) is 5.91 Å². The molecule has 1 saturated heterocycles. The number of amides is 3. The number of benzene rings is 1. The van der Waals surface area contributed by atoms with E-state index in [4.69, 9.17) is 14.9 Å². The summed E-state index contributed by atoms with van der Waals surface area (Å²) in [4.78, 5) is 57.3. The van der Waals surface area contributed by atoms with Crippen LogP contribution in [0.3, 0.4) is 0 Å². The molecule has 2 aliphatic rings. The molecule has 0 saturated carbocycles. The number of carbonyl (C=O) groups excluding carboxylic acids is 4. The van der Waals surface area contributed by atoms with E-state index in [2.05, 4.69) is 4.98 Å². The van der Waals surface area contributed by atoms with Crippen LogP contribution in [0.4, 0.5) is 0 Å². The van der Waals surface area contributed by atoms with Crippen molar-refractivity contribution < 1.29 is 28.3 Å². The second kappa shape index (κ2) is 10.6. The number of esters is 1. The van der Waals surface area contributed by atoms with Gasteiger partial charge < -0.3 is 24.7 Å². The van der Waals surface area contributed by atoms with E-state index in [-0.39, 0.29) is 37.1 Å². The topological polar surface area (TPSA) is 136 Å². The number of ether oxygens (including phenoxy) is 1. The van der Waals surface area contributed by atoms with Gasteiger partial charge in [-0.2, -0.15) is 0 Å². The molecule has 3 heterocycles. The Labute approximate surface area is 222 Å². The number of likely N-dealkylation sites (tertiary alicyclic amines) is 1. The highest BCUT2D eigenvalue weighted by Crippen LogP contribution is 2.37. The van der Waals surface area contributed by atoms with Crippen molar-refractivity contribution >= 4 is 23.7 Å². The molecule has 1 atom stereocenters. The average molecular weight is 525 g/mol. The Morgan fingerprint density at radius 2 is 1.89 bits per heavy atom. The number of fused-ring (bicyclic) bond motifs is 1. The zero-order chi connectivity index (χ0) is 27.8. The molecular formula is C28H36N4O6. The maximum Gasteiger partial charge on any atom is 0.306 e. The molecule has 0 bridgehead atoms. The minimum absolute atomic E-state index is 0.0275. The summed E-state index contributed by atoms with van der Waals surface area (Å²) in [7, 11) is 0. The fourth-order valence-corrected chi connectivity index (χ4v) is 5.22. The predicted octanol–water partition coefficient (Wildman–Crippen LogP) is 3.31. The highest BCUT2D eigenvalue weighted by Gasteiger charge is 2.37. The van der Waals surface area contributed by atoms with Gasteiger partial charge in [0.15, 0.2) is 5.89 Å². The highest BCUT2D eigenvalue weighted by molar-refractivity contribution is 6.01. The van der Waals surface area contributed by atoms with E-state index in [1.165, 1.54) is 4.90 Å². The summed E-state index contributed by atoms with van der Waals surface area (Å²) in [5, 5.41) is 0. The smallest absolute Gasteiger partial charge is 0.306 e. The van der Waals surface area contributed by atoms with Crippen LogP contribution in [-0.4, -0.2) is 63.2 Å². The molecule has 2 aromatic rings. The van der Waals surface area contributed by atoms with E-state index >= 15 is 0 Å². The van der Waals surface area contributed by atoms with Gasteiger partial charge in [0.1, 0.15) is 23.1 Å². The standard InChI is InChI=1S/C28H36N4O6/c1-16-30-24(25(37-16)18-10-12-31(13-11-18)17(2)33)19-6-7-21-20(14-19)15-32(27(21)36)22(26(29)35)8-9-23(34)38-28(3,4)5/h6-7,14,18,22H,8-13,15H2,1-5H3,(H2,29,35). The maximum atomic E-state index is 13.2. The van der Waals surface area contributed by atoms with Crippen molar-refractivity contribution in [1.82, 2.24) is 14.8 Å². The van der Waals surface area contributed by atoms with Crippen LogP contribution < -0.4 is 5.73 Å². The first kappa shape index (κ1) is 27.3. The third-order valence-corrected chi connectivity index (χ3v) is 7.03. The number of aryl methyl sites for hydroxylation is 1. The molecule has 0 aliphatic carbocycles. The minimum atomic E-state index is -0.929. The lowest BCUT2D eigenvalue weighted by atomic mass is 9.91. The molecule has 0 spiro atoms. The monoisotopic (exact) mass is 524 g/mol. The number of piperidine rings is 1. The van der Waals surface area contributed by atoms with Gasteiger partial charge in [-0.1, -0.05) is 6.07 Å². The molecule has 10 heteroatoms. The van der Waals surface area contributed by atoms with Crippen molar-refractivity contribution in [1.29, 1.82) is 0 Å². The van der Waals surface area contributed by atoms with Gasteiger partial charge in [-0.15, -0.1) is 0 Å². The van der Waals surface area contributed by atoms with E-state index in [0.29, 0.717) is 24.5 Å². The van der Waals surface area contributed by atoms with Crippen molar-refractivity contribution in [3.63, 3.8) is 0 Å². The van der Waals surface area contributed by atoms with Gasteiger partial charge in [-0.05, 0) is 57.7 Å². The number of carbonyl (C=O) groups is 4. The highest BCUT2D eigenvalue weighted by atomic mass is 16.6. The Morgan fingerprint density at radius 1 is 1.21 bits per heavy atom. The third kappa shape index (κ3) is 5.89. The van der Waals surface area contributed by atoms with Crippen LogP contribution in [0.15, 0.2) is 22.6 Å². The number of nitrogens with zero attached hydrogens (tertiary/aromatic N) is 3. The van der Waals surface area contributed by atoms with Crippen LogP contribution in [-0.2, 0) is 25.7 Å². The van der Waals surface area contributed by atoms with E-state index in [1.807, 2.05) is 17.0 Å². The van der Waals surface area contributed by atoms with E-state index < -0.39 is 23.5 Å². The molecule has 1 fully saturated rings. The average Bonchev–Trinajstić information content (AvgIpc) is 3.37. The maximum absolute atomic E-state index is 13.2. The SMILES string of the molecule is CC(=O)N1CCC(c2oc(C)nc2-c2ccc3c(c2)CN(C(CCC(=O)OC(C)(C)C)C(N)=O)C3=O)CC1. The molecular weight excluding hydrogens is 488 g/mol. The zero-order valence-corrected chi connectivity index (χ0v) is 22.7. The summed E-state index contributed by atoms with van der Waals surface area (Å²) < 4.78 is 11.4. The number of rotatable bonds is 7. The number of oxazole rings is 1. The van der Waals surface area contributed by atoms with Crippen molar-refractivity contribution in [3.8, 4) is 11.3 Å². The van der Waals surface area contributed by atoms with Crippen LogP contribution >= 0.6 is 0 Å². The first-order valence-corrected chi connectivity index (χ1v) is 13.0. The number of hydrogen-bond donors (Lipinski definition) is 1. The second-order valence-electron chi connectivity index (χ2n) is 11.1. The normalized spacial score (nSPS) is 16.9. The predicted molar refractivity (Wildman–Crippen MR) is 139 cm³/mol. The quantitative estimate of drug-likeness (QED) is 0.549. The Kier molecular flexibility index (Phi) is 7.62. The molecule has 10 nitrogen and oxygen atoms in total. The van der Waals surface area contributed by atoms with Crippen molar-refractivity contribution in [2.45, 2.75) is 84.4 Å². The minimum Gasteiger partial charge on any atom is -0.460 e. The molecule has 4 rings (SSSR count). The Bertz CT molecular complexity index is 1250. The van der Waals surface area contributed by atoms with Crippen LogP contribution in [0, 0.1) is 6.92 Å². The van der Waals surface area contributed by atoms with Gasteiger partial charge in [0.05, 0.1) is 0 Å². The third-order valence-electron chi connectivity index (χ3n) is 7.03. The first-order chi connectivity index (χ1) is 17.8. The molecule has 1 aromatic carbocycles. The number of primary amides is 1.